The Kier molecular flexibility index (Phi) is 3.22. The Balaban J connectivity index is 2.86. The average Bonchev–Trinajstić information content (AvgIpc) is 2.03. The molecule has 0 spiro atoms. The Morgan fingerprint density at radius 2 is 1.58 bits per heavy atom. The van der Waals surface area contributed by atoms with E-state index in [0.717, 1.165) is 0 Å². The van der Waals surface area contributed by atoms with Crippen LogP contribution >= 0.6 is 27.6 Å². The molecule has 5 heteroatoms. The van der Waals surface area contributed by atoms with Crippen molar-refractivity contribution < 1.29 is 13.2 Å². The van der Waals surface area contributed by atoms with Crippen LogP contribution in [-0.2, 0) is 0 Å². The number of hydrogen-bond donors (Lipinski definition) is 0. The Morgan fingerprint density at radius 3 is 2.00 bits per heavy atom. The van der Waals surface area contributed by atoms with Crippen molar-refractivity contribution in [1.82, 2.24) is 0 Å². The van der Waals surface area contributed by atoms with E-state index in [1.165, 1.54) is 12.1 Å². The van der Waals surface area contributed by atoms with E-state index in [9.17, 15) is 13.2 Å². The first-order valence-electron chi connectivity index (χ1n) is 3.00. The number of halogens is 5. The predicted octanol–water partition coefficient (Wildman–Crippen LogP) is 4.04. The molecule has 1 aromatic carbocycles. The molecule has 0 aliphatic carbocycles. The summed E-state index contributed by atoms with van der Waals surface area (Å²) in [6, 6.07) is 7.64. The van der Waals surface area contributed by atoms with Gasteiger partial charge in [0.15, 0.2) is 0 Å². The maximum atomic E-state index is 12.1. The van der Waals surface area contributed by atoms with Crippen LogP contribution in [0.5, 0.6) is 0 Å². The van der Waals surface area contributed by atoms with Crippen LogP contribution < -0.4 is 0 Å². The van der Waals surface area contributed by atoms with Crippen molar-refractivity contribution in [2.45, 2.75) is 4.18 Å². The number of rotatable bonds is 1. The summed E-state index contributed by atoms with van der Waals surface area (Å²) in [5.41, 5.74) is 0. The molecule has 0 atom stereocenters. The van der Waals surface area contributed by atoms with Crippen molar-refractivity contribution in [2.24, 2.45) is 0 Å². The molecule has 0 nitrogen and oxygen atoms in total. The molecule has 68 valence electrons. The first-order valence-corrected chi connectivity index (χ1v) is 7.89. The van der Waals surface area contributed by atoms with Crippen molar-refractivity contribution in [2.75, 3.05) is 0 Å². The van der Waals surface area contributed by atoms with Gasteiger partial charge in [-0.15, -0.1) is 0 Å². The minimum atomic E-state index is -4.22. The van der Waals surface area contributed by atoms with E-state index in [0.29, 0.717) is 0 Å². The van der Waals surface area contributed by atoms with Gasteiger partial charge in [0.05, 0.1) is 0 Å². The molecule has 0 aliphatic rings. The topological polar surface area (TPSA) is 0 Å². The molecule has 12 heavy (non-hydrogen) atoms. The molecular weight excluding hydrogens is 303 g/mol. The second-order valence-electron chi connectivity index (χ2n) is 1.96. The fourth-order valence-electron chi connectivity index (χ4n) is 0.649. The molecule has 0 aliphatic heterocycles. The van der Waals surface area contributed by atoms with Crippen molar-refractivity contribution >= 4 is 27.6 Å². The van der Waals surface area contributed by atoms with E-state index < -0.39 is 22.9 Å². The zero-order valence-electron chi connectivity index (χ0n) is 5.78. The van der Waals surface area contributed by atoms with Gasteiger partial charge in [-0.25, -0.2) is 0 Å². The maximum absolute atomic E-state index is 12.1. The van der Waals surface area contributed by atoms with E-state index >= 15 is 0 Å². The van der Waals surface area contributed by atoms with Crippen LogP contribution in [0.2, 0.25) is 0 Å². The molecule has 0 unspecified atom stereocenters. The fraction of sp³-hybridized carbons (Fsp3) is 0.143. The second kappa shape index (κ2) is 3.83. The zero-order valence-corrected chi connectivity index (χ0v) is 8.69. The van der Waals surface area contributed by atoms with Gasteiger partial charge in [-0.05, 0) is 0 Å². The van der Waals surface area contributed by atoms with Gasteiger partial charge >= 0.3 is 78.9 Å². The van der Waals surface area contributed by atoms with Crippen LogP contribution in [0.25, 0.3) is 0 Å². The third kappa shape index (κ3) is 2.52. The Labute approximate surface area is 78.8 Å². The van der Waals surface area contributed by atoms with Gasteiger partial charge in [-0.2, -0.15) is 0 Å². The molecule has 0 saturated carbocycles. The monoisotopic (exact) mass is 308 g/mol. The third-order valence-corrected chi connectivity index (χ3v) is 6.19. The van der Waals surface area contributed by atoms with Crippen molar-refractivity contribution in [3.05, 3.63) is 33.9 Å². The predicted molar refractivity (Wildman–Crippen MR) is 51.1 cm³/mol. The number of benzene rings is 1. The second-order valence-corrected chi connectivity index (χ2v) is 7.70. The Morgan fingerprint density at radius 1 is 1.08 bits per heavy atom. The molecule has 0 fully saturated rings. The summed E-state index contributed by atoms with van der Waals surface area (Å²) >= 11 is -3.45. The van der Waals surface area contributed by atoms with Crippen molar-refractivity contribution in [3.8, 4) is 0 Å². The fourth-order valence-corrected chi connectivity index (χ4v) is 3.04. The van der Waals surface area contributed by atoms with Crippen LogP contribution in [0.3, 0.4) is 0 Å². The molecule has 0 bridgehead atoms. The van der Waals surface area contributed by atoms with Crippen molar-refractivity contribution in [3.63, 3.8) is 0 Å². The number of hydrogen-bond acceptors (Lipinski definition) is 0. The summed E-state index contributed by atoms with van der Waals surface area (Å²) in [4.78, 5) is 0. The first-order chi connectivity index (χ1) is 5.52. The summed E-state index contributed by atoms with van der Waals surface area (Å²) in [5.74, 6) is 0. The molecule has 0 radical (unpaired) electrons. The van der Waals surface area contributed by atoms with Crippen molar-refractivity contribution in [1.29, 1.82) is 0 Å². The van der Waals surface area contributed by atoms with E-state index in [1.54, 1.807) is 18.2 Å². The Hall–Kier alpha value is 0.0300. The molecule has 1 rings (SSSR count). The van der Waals surface area contributed by atoms with Gasteiger partial charge in [0.2, 0.25) is 0 Å². The minimum absolute atomic E-state index is 0.232. The van der Waals surface area contributed by atoms with Gasteiger partial charge in [0, 0.05) is 0 Å². The molecular formula is C7H5ClF3I. The van der Waals surface area contributed by atoms with Gasteiger partial charge in [-0.3, -0.25) is 0 Å². The van der Waals surface area contributed by atoms with E-state index in [-0.39, 0.29) is 3.57 Å². The molecule has 0 N–H and O–H groups in total. The van der Waals surface area contributed by atoms with E-state index in [2.05, 4.69) is 0 Å². The van der Waals surface area contributed by atoms with Gasteiger partial charge in [-0.1, -0.05) is 0 Å². The van der Waals surface area contributed by atoms with E-state index in [4.69, 9.17) is 8.91 Å². The number of alkyl halides is 4. The van der Waals surface area contributed by atoms with Crippen LogP contribution in [0.1, 0.15) is 0 Å². The van der Waals surface area contributed by atoms with Crippen LogP contribution in [0.4, 0.5) is 13.2 Å². The molecule has 1 aromatic rings. The summed E-state index contributed by atoms with van der Waals surface area (Å²) in [7, 11) is 5.31. The molecule has 0 saturated heterocycles. The normalized spacial score (nSPS) is 12.8. The average molecular weight is 308 g/mol. The Bertz CT molecular complexity index is 247. The third-order valence-electron chi connectivity index (χ3n) is 1.11. The van der Waals surface area contributed by atoms with Gasteiger partial charge in [0.1, 0.15) is 0 Å². The van der Waals surface area contributed by atoms with Crippen LogP contribution in [0.15, 0.2) is 30.3 Å². The van der Waals surface area contributed by atoms with Gasteiger partial charge < -0.3 is 0 Å². The standard InChI is InChI=1S/C7H5ClF3I/c8-12(7(9,10)11)6-4-2-1-3-5-6/h1-5H. The van der Waals surface area contributed by atoms with Crippen LogP contribution in [-0.4, -0.2) is 4.18 Å². The SMILES string of the molecule is FC(F)(F)I(Cl)c1ccccc1. The van der Waals surface area contributed by atoms with E-state index in [1.807, 2.05) is 0 Å². The summed E-state index contributed by atoms with van der Waals surface area (Å²) in [6.07, 6.45) is 0. The quantitative estimate of drug-likeness (QED) is 0.543. The van der Waals surface area contributed by atoms with Gasteiger partial charge in [0.25, 0.3) is 0 Å². The first kappa shape index (κ1) is 10.1. The summed E-state index contributed by atoms with van der Waals surface area (Å²) in [5, 5.41) is 0. The zero-order chi connectivity index (χ0) is 9.19. The molecule has 0 heterocycles. The molecule has 0 aromatic heterocycles. The van der Waals surface area contributed by atoms with Crippen LogP contribution in [0, 0.1) is 3.57 Å². The summed E-state index contributed by atoms with van der Waals surface area (Å²) < 4.78 is 32.2. The molecule has 0 amide bonds. The summed E-state index contributed by atoms with van der Waals surface area (Å²) in [6.45, 7) is 0.